The average Bonchev–Trinajstić information content (AvgIpc) is 3.06. The smallest absolute Gasteiger partial charge is 0.318 e. The molecule has 1 aliphatic heterocycles. The lowest BCUT2D eigenvalue weighted by Crippen LogP contribution is -2.43. The van der Waals surface area contributed by atoms with Gasteiger partial charge >= 0.3 is 6.03 Å². The first kappa shape index (κ1) is 21.4. The minimum absolute atomic E-state index is 0.154. The topological polar surface area (TPSA) is 32.3 Å². The summed E-state index contributed by atoms with van der Waals surface area (Å²) < 4.78 is 27.8. The molecule has 0 spiro atoms. The van der Waals surface area contributed by atoms with Crippen molar-refractivity contribution in [2.24, 2.45) is 0 Å². The first-order chi connectivity index (χ1) is 15.1. The van der Waals surface area contributed by atoms with Gasteiger partial charge in [0.15, 0.2) is 0 Å². The molecule has 0 aromatic heterocycles. The molecule has 1 unspecified atom stereocenters. The number of carbonyl (C=O) groups excluding carboxylic acids is 1. The summed E-state index contributed by atoms with van der Waals surface area (Å²) in [6.07, 6.45) is 0.569. The molecule has 4 rings (SSSR count). The fourth-order valence-electron chi connectivity index (χ4n) is 3.85. The normalized spacial score (nSPS) is 16.7. The van der Waals surface area contributed by atoms with E-state index in [9.17, 15) is 13.6 Å². The van der Waals surface area contributed by atoms with Gasteiger partial charge in [-0.2, -0.15) is 11.8 Å². The van der Waals surface area contributed by atoms with E-state index in [0.717, 1.165) is 17.2 Å². The maximum absolute atomic E-state index is 14.2. The largest absolute Gasteiger partial charge is 0.327 e. The number of nitrogens with one attached hydrogen (secondary N) is 1. The number of rotatable bonds is 4. The minimum Gasteiger partial charge on any atom is -0.327 e. The second-order valence-corrected chi connectivity index (χ2v) is 8.82. The summed E-state index contributed by atoms with van der Waals surface area (Å²) in [5.41, 5.74) is 2.38. The molecule has 0 aliphatic carbocycles. The summed E-state index contributed by atoms with van der Waals surface area (Å²) in [6, 6.07) is 22.9. The van der Waals surface area contributed by atoms with E-state index in [2.05, 4.69) is 5.32 Å². The second kappa shape index (κ2) is 9.96. The lowest BCUT2D eigenvalue weighted by atomic mass is 9.99. The zero-order valence-electron chi connectivity index (χ0n) is 17.0. The Balaban J connectivity index is 1.48. The molecule has 160 valence electrons. The zero-order chi connectivity index (χ0) is 21.6. The van der Waals surface area contributed by atoms with Crippen LogP contribution in [0.25, 0.3) is 0 Å². The third kappa shape index (κ3) is 5.25. The van der Waals surface area contributed by atoms with Gasteiger partial charge in [0.1, 0.15) is 11.6 Å². The fraction of sp³-hybridized carbons (Fsp3) is 0.240. The molecule has 3 aromatic carbocycles. The van der Waals surface area contributed by atoms with Crippen LogP contribution in [0.4, 0.5) is 13.6 Å². The standard InChI is InChI=1S/C25H24F2N2OS/c26-20-11-12-22(27)21(17-20)23-13-14-29(15-16-31-23)25(30)28-24(18-7-3-1-4-8-18)19-9-5-2-6-10-19/h1-12,17,23-24H,13-16H2,(H,28,30). The van der Waals surface area contributed by atoms with Crippen molar-refractivity contribution in [1.82, 2.24) is 10.2 Å². The monoisotopic (exact) mass is 438 g/mol. The first-order valence-corrected chi connectivity index (χ1v) is 11.4. The van der Waals surface area contributed by atoms with Crippen LogP contribution in [0, 0.1) is 11.6 Å². The predicted molar refractivity (Wildman–Crippen MR) is 121 cm³/mol. The van der Waals surface area contributed by atoms with Crippen molar-refractivity contribution in [3.63, 3.8) is 0 Å². The lowest BCUT2D eigenvalue weighted by molar-refractivity contribution is 0.198. The SMILES string of the molecule is O=C(NC(c1ccccc1)c1ccccc1)N1CCSC(c2cc(F)ccc2F)CC1. The van der Waals surface area contributed by atoms with E-state index >= 15 is 0 Å². The van der Waals surface area contributed by atoms with Crippen LogP contribution >= 0.6 is 11.8 Å². The van der Waals surface area contributed by atoms with Crippen LogP contribution in [0.15, 0.2) is 78.9 Å². The molecule has 1 fully saturated rings. The maximum atomic E-state index is 14.2. The molecule has 1 atom stereocenters. The molecule has 1 aliphatic rings. The Labute approximate surface area is 185 Å². The van der Waals surface area contributed by atoms with E-state index in [-0.39, 0.29) is 17.3 Å². The molecule has 0 radical (unpaired) electrons. The summed E-state index contributed by atoms with van der Waals surface area (Å²) >= 11 is 1.56. The Kier molecular flexibility index (Phi) is 6.87. The highest BCUT2D eigenvalue weighted by Crippen LogP contribution is 2.36. The molecular weight excluding hydrogens is 414 g/mol. The highest BCUT2D eigenvalue weighted by atomic mass is 32.2. The Morgan fingerprint density at radius 3 is 2.23 bits per heavy atom. The minimum atomic E-state index is -0.440. The van der Waals surface area contributed by atoms with Crippen LogP contribution in [-0.4, -0.2) is 29.8 Å². The zero-order valence-corrected chi connectivity index (χ0v) is 17.8. The third-order valence-electron chi connectivity index (χ3n) is 5.47. The fourth-order valence-corrected chi connectivity index (χ4v) is 5.09. The Morgan fingerprint density at radius 1 is 0.935 bits per heavy atom. The predicted octanol–water partition coefficient (Wildman–Crippen LogP) is 5.94. The number of benzene rings is 3. The van der Waals surface area contributed by atoms with Gasteiger partial charge in [-0.05, 0) is 35.7 Å². The first-order valence-electron chi connectivity index (χ1n) is 10.3. The van der Waals surface area contributed by atoms with Gasteiger partial charge in [0.2, 0.25) is 0 Å². The van der Waals surface area contributed by atoms with Crippen molar-refractivity contribution in [2.45, 2.75) is 17.7 Å². The number of amides is 2. The van der Waals surface area contributed by atoms with E-state index in [1.165, 1.54) is 12.1 Å². The molecule has 0 saturated carbocycles. The van der Waals surface area contributed by atoms with Gasteiger partial charge in [0.25, 0.3) is 0 Å². The Bertz CT molecular complexity index is 977. The molecule has 2 amide bonds. The highest BCUT2D eigenvalue weighted by molar-refractivity contribution is 7.99. The number of hydrogen-bond acceptors (Lipinski definition) is 2. The summed E-state index contributed by atoms with van der Waals surface area (Å²) in [7, 11) is 0. The molecule has 0 bridgehead atoms. The molecule has 31 heavy (non-hydrogen) atoms. The van der Waals surface area contributed by atoms with Crippen molar-refractivity contribution in [3.05, 3.63) is 107 Å². The van der Waals surface area contributed by atoms with Crippen LogP contribution in [0.5, 0.6) is 0 Å². The lowest BCUT2D eigenvalue weighted by Gasteiger charge is -2.26. The molecule has 3 nitrogen and oxygen atoms in total. The van der Waals surface area contributed by atoms with Crippen molar-refractivity contribution in [1.29, 1.82) is 0 Å². The Hall–Kier alpha value is -2.86. The number of nitrogens with zero attached hydrogens (tertiary/aromatic N) is 1. The van der Waals surface area contributed by atoms with E-state index in [0.29, 0.717) is 30.8 Å². The van der Waals surface area contributed by atoms with Crippen molar-refractivity contribution in [2.75, 3.05) is 18.8 Å². The Morgan fingerprint density at radius 2 is 1.58 bits per heavy atom. The van der Waals surface area contributed by atoms with Crippen LogP contribution in [0.2, 0.25) is 0 Å². The molecule has 1 N–H and O–H groups in total. The maximum Gasteiger partial charge on any atom is 0.318 e. The number of urea groups is 1. The summed E-state index contributed by atoms with van der Waals surface area (Å²) in [5, 5.41) is 2.99. The van der Waals surface area contributed by atoms with Gasteiger partial charge in [0, 0.05) is 29.7 Å². The number of hydrogen-bond donors (Lipinski definition) is 1. The molecule has 6 heteroatoms. The van der Waals surface area contributed by atoms with Gasteiger partial charge in [-0.3, -0.25) is 0 Å². The van der Waals surface area contributed by atoms with E-state index in [1.54, 1.807) is 16.7 Å². The quantitative estimate of drug-likeness (QED) is 0.546. The van der Waals surface area contributed by atoms with Crippen LogP contribution in [0.3, 0.4) is 0 Å². The summed E-state index contributed by atoms with van der Waals surface area (Å²) in [5.74, 6) is -0.176. The highest BCUT2D eigenvalue weighted by Gasteiger charge is 2.26. The average molecular weight is 439 g/mol. The van der Waals surface area contributed by atoms with Crippen molar-refractivity contribution < 1.29 is 13.6 Å². The number of thioether (sulfide) groups is 1. The van der Waals surface area contributed by atoms with Gasteiger partial charge in [0.05, 0.1) is 6.04 Å². The molecular formula is C25H24F2N2OS. The van der Waals surface area contributed by atoms with Crippen molar-refractivity contribution >= 4 is 17.8 Å². The van der Waals surface area contributed by atoms with E-state index < -0.39 is 11.6 Å². The van der Waals surface area contributed by atoms with Crippen LogP contribution < -0.4 is 5.32 Å². The molecule has 1 saturated heterocycles. The van der Waals surface area contributed by atoms with E-state index in [4.69, 9.17) is 0 Å². The second-order valence-electron chi connectivity index (χ2n) is 7.50. The van der Waals surface area contributed by atoms with Gasteiger partial charge < -0.3 is 10.2 Å². The van der Waals surface area contributed by atoms with Gasteiger partial charge in [-0.1, -0.05) is 60.7 Å². The number of carbonyl (C=O) groups is 1. The molecule has 1 heterocycles. The molecule has 3 aromatic rings. The number of halogens is 2. The van der Waals surface area contributed by atoms with Crippen LogP contribution in [-0.2, 0) is 0 Å². The third-order valence-corrected chi connectivity index (χ3v) is 6.78. The van der Waals surface area contributed by atoms with Crippen molar-refractivity contribution in [3.8, 4) is 0 Å². The van der Waals surface area contributed by atoms with E-state index in [1.807, 2.05) is 60.7 Å². The van der Waals surface area contributed by atoms with Gasteiger partial charge in [-0.25, -0.2) is 13.6 Å². The summed E-state index contributed by atoms with van der Waals surface area (Å²) in [4.78, 5) is 14.9. The summed E-state index contributed by atoms with van der Waals surface area (Å²) in [6.45, 7) is 1.04. The van der Waals surface area contributed by atoms with Gasteiger partial charge in [-0.15, -0.1) is 0 Å². The van der Waals surface area contributed by atoms with Crippen LogP contribution in [0.1, 0.15) is 34.4 Å².